The van der Waals surface area contributed by atoms with Crippen LogP contribution in [0, 0.1) is 6.92 Å². The number of nitrogens with two attached hydrogens (primary N) is 1. The van der Waals surface area contributed by atoms with Gasteiger partial charge < -0.3 is 5.73 Å². The van der Waals surface area contributed by atoms with E-state index in [0.717, 1.165) is 12.2 Å². The SMILES string of the molecule is Cc1nn(CCN)cc1-c1ccccc1. The summed E-state index contributed by atoms with van der Waals surface area (Å²) in [7, 11) is 0. The third-order valence-electron chi connectivity index (χ3n) is 2.39. The minimum absolute atomic E-state index is 0.620. The molecule has 3 nitrogen and oxygen atoms in total. The Morgan fingerprint density at radius 2 is 2.00 bits per heavy atom. The largest absolute Gasteiger partial charge is 0.329 e. The molecular weight excluding hydrogens is 186 g/mol. The monoisotopic (exact) mass is 201 g/mol. The molecule has 1 aromatic carbocycles. The summed E-state index contributed by atoms with van der Waals surface area (Å²) in [5.74, 6) is 0. The van der Waals surface area contributed by atoms with E-state index in [1.807, 2.05) is 29.8 Å². The van der Waals surface area contributed by atoms with Crippen molar-refractivity contribution in [3.8, 4) is 11.1 Å². The molecule has 0 aliphatic rings. The molecule has 0 unspecified atom stereocenters. The summed E-state index contributed by atoms with van der Waals surface area (Å²) < 4.78 is 1.90. The molecule has 0 aliphatic carbocycles. The van der Waals surface area contributed by atoms with Gasteiger partial charge in [0.1, 0.15) is 0 Å². The standard InChI is InChI=1S/C12H15N3/c1-10-12(9-15(14-10)8-7-13)11-5-3-2-4-6-11/h2-6,9H,7-8,13H2,1H3. The normalized spacial score (nSPS) is 10.5. The molecule has 0 amide bonds. The van der Waals surface area contributed by atoms with Gasteiger partial charge in [-0.1, -0.05) is 30.3 Å². The summed E-state index contributed by atoms with van der Waals surface area (Å²) in [5.41, 5.74) is 8.94. The van der Waals surface area contributed by atoms with E-state index in [9.17, 15) is 0 Å². The van der Waals surface area contributed by atoms with E-state index < -0.39 is 0 Å². The molecule has 78 valence electrons. The van der Waals surface area contributed by atoms with Gasteiger partial charge in [-0.3, -0.25) is 4.68 Å². The molecule has 0 spiro atoms. The van der Waals surface area contributed by atoms with Crippen LogP contribution in [0.2, 0.25) is 0 Å². The van der Waals surface area contributed by atoms with Crippen molar-refractivity contribution in [3.05, 3.63) is 42.2 Å². The maximum Gasteiger partial charge on any atom is 0.0672 e. The second-order valence-corrected chi connectivity index (χ2v) is 3.55. The van der Waals surface area contributed by atoms with Crippen LogP contribution in [-0.4, -0.2) is 16.3 Å². The Labute approximate surface area is 89.5 Å². The van der Waals surface area contributed by atoms with E-state index in [2.05, 4.69) is 23.4 Å². The molecular formula is C12H15N3. The first-order valence-corrected chi connectivity index (χ1v) is 5.11. The quantitative estimate of drug-likeness (QED) is 0.823. The van der Waals surface area contributed by atoms with E-state index in [1.165, 1.54) is 11.1 Å². The van der Waals surface area contributed by atoms with Gasteiger partial charge in [0.25, 0.3) is 0 Å². The number of aryl methyl sites for hydroxylation is 1. The average Bonchev–Trinajstić information content (AvgIpc) is 2.61. The molecule has 2 rings (SSSR count). The van der Waals surface area contributed by atoms with E-state index in [1.54, 1.807) is 0 Å². The third kappa shape index (κ3) is 2.07. The lowest BCUT2D eigenvalue weighted by Crippen LogP contribution is -2.10. The minimum Gasteiger partial charge on any atom is -0.329 e. The average molecular weight is 201 g/mol. The number of aromatic nitrogens is 2. The number of rotatable bonds is 3. The van der Waals surface area contributed by atoms with Crippen LogP contribution in [0.25, 0.3) is 11.1 Å². The van der Waals surface area contributed by atoms with Crippen LogP contribution in [0.5, 0.6) is 0 Å². The van der Waals surface area contributed by atoms with Crippen molar-refractivity contribution in [2.24, 2.45) is 5.73 Å². The first-order chi connectivity index (χ1) is 7.31. The second kappa shape index (κ2) is 4.28. The van der Waals surface area contributed by atoms with E-state index in [0.29, 0.717) is 6.54 Å². The number of hydrogen-bond acceptors (Lipinski definition) is 2. The lowest BCUT2D eigenvalue weighted by molar-refractivity contribution is 0.620. The van der Waals surface area contributed by atoms with Crippen LogP contribution in [0.3, 0.4) is 0 Å². The molecule has 0 fully saturated rings. The van der Waals surface area contributed by atoms with Gasteiger partial charge in [-0.2, -0.15) is 5.10 Å². The fraction of sp³-hybridized carbons (Fsp3) is 0.250. The van der Waals surface area contributed by atoms with E-state index >= 15 is 0 Å². The molecule has 0 radical (unpaired) electrons. The predicted molar refractivity (Wildman–Crippen MR) is 61.5 cm³/mol. The summed E-state index contributed by atoms with van der Waals surface area (Å²) >= 11 is 0. The highest BCUT2D eigenvalue weighted by molar-refractivity contribution is 5.64. The third-order valence-corrected chi connectivity index (χ3v) is 2.39. The Kier molecular flexibility index (Phi) is 2.83. The van der Waals surface area contributed by atoms with Gasteiger partial charge >= 0.3 is 0 Å². The fourth-order valence-electron chi connectivity index (χ4n) is 1.67. The van der Waals surface area contributed by atoms with Crippen LogP contribution in [0.15, 0.2) is 36.5 Å². The first kappa shape index (κ1) is 9.93. The van der Waals surface area contributed by atoms with Crippen molar-refractivity contribution in [1.82, 2.24) is 9.78 Å². The zero-order valence-electron chi connectivity index (χ0n) is 8.85. The van der Waals surface area contributed by atoms with Crippen molar-refractivity contribution in [2.75, 3.05) is 6.54 Å². The van der Waals surface area contributed by atoms with Crippen LogP contribution in [0.4, 0.5) is 0 Å². The Morgan fingerprint density at radius 1 is 1.27 bits per heavy atom. The Morgan fingerprint density at radius 3 is 2.67 bits per heavy atom. The van der Waals surface area contributed by atoms with Gasteiger partial charge in [-0.15, -0.1) is 0 Å². The van der Waals surface area contributed by atoms with Crippen molar-refractivity contribution in [2.45, 2.75) is 13.5 Å². The summed E-state index contributed by atoms with van der Waals surface area (Å²) in [6, 6.07) is 10.3. The van der Waals surface area contributed by atoms with E-state index in [4.69, 9.17) is 5.73 Å². The fourth-order valence-corrected chi connectivity index (χ4v) is 1.67. The summed E-state index contributed by atoms with van der Waals surface area (Å²) in [6.07, 6.45) is 2.05. The van der Waals surface area contributed by atoms with Crippen molar-refractivity contribution >= 4 is 0 Å². The predicted octanol–water partition coefficient (Wildman–Crippen LogP) is 1.82. The van der Waals surface area contributed by atoms with Crippen molar-refractivity contribution < 1.29 is 0 Å². The maximum absolute atomic E-state index is 5.50. The van der Waals surface area contributed by atoms with Crippen molar-refractivity contribution in [1.29, 1.82) is 0 Å². The van der Waals surface area contributed by atoms with Gasteiger partial charge in [0.15, 0.2) is 0 Å². The number of benzene rings is 1. The highest BCUT2D eigenvalue weighted by Crippen LogP contribution is 2.21. The molecule has 15 heavy (non-hydrogen) atoms. The Hall–Kier alpha value is -1.61. The molecule has 0 atom stereocenters. The maximum atomic E-state index is 5.50. The van der Waals surface area contributed by atoms with Gasteiger partial charge in [0.2, 0.25) is 0 Å². The molecule has 0 bridgehead atoms. The number of hydrogen-bond donors (Lipinski definition) is 1. The van der Waals surface area contributed by atoms with Crippen LogP contribution >= 0.6 is 0 Å². The molecule has 1 aromatic heterocycles. The summed E-state index contributed by atoms with van der Waals surface area (Å²) in [5, 5.41) is 4.41. The highest BCUT2D eigenvalue weighted by Gasteiger charge is 2.05. The van der Waals surface area contributed by atoms with Crippen LogP contribution < -0.4 is 5.73 Å². The Bertz CT molecular complexity index is 431. The smallest absolute Gasteiger partial charge is 0.0672 e. The molecule has 0 saturated heterocycles. The zero-order valence-corrected chi connectivity index (χ0v) is 8.85. The second-order valence-electron chi connectivity index (χ2n) is 3.55. The summed E-state index contributed by atoms with van der Waals surface area (Å²) in [6.45, 7) is 3.42. The Balaban J connectivity index is 2.36. The molecule has 2 aromatic rings. The lowest BCUT2D eigenvalue weighted by Gasteiger charge is -1.97. The molecule has 0 aliphatic heterocycles. The van der Waals surface area contributed by atoms with Gasteiger partial charge in [-0.25, -0.2) is 0 Å². The zero-order chi connectivity index (χ0) is 10.7. The van der Waals surface area contributed by atoms with Crippen LogP contribution in [0.1, 0.15) is 5.69 Å². The van der Waals surface area contributed by atoms with Gasteiger partial charge in [0.05, 0.1) is 12.2 Å². The molecule has 1 heterocycles. The minimum atomic E-state index is 0.620. The topological polar surface area (TPSA) is 43.8 Å². The summed E-state index contributed by atoms with van der Waals surface area (Å²) in [4.78, 5) is 0. The molecule has 3 heteroatoms. The van der Waals surface area contributed by atoms with E-state index in [-0.39, 0.29) is 0 Å². The van der Waals surface area contributed by atoms with Crippen molar-refractivity contribution in [3.63, 3.8) is 0 Å². The highest BCUT2D eigenvalue weighted by atomic mass is 15.3. The molecule has 2 N–H and O–H groups in total. The lowest BCUT2D eigenvalue weighted by atomic mass is 10.1. The number of nitrogens with zero attached hydrogens (tertiary/aromatic N) is 2. The molecule has 0 saturated carbocycles. The van der Waals surface area contributed by atoms with Crippen LogP contribution in [-0.2, 0) is 6.54 Å². The van der Waals surface area contributed by atoms with Gasteiger partial charge in [0, 0.05) is 18.3 Å². The van der Waals surface area contributed by atoms with Gasteiger partial charge in [-0.05, 0) is 12.5 Å². The first-order valence-electron chi connectivity index (χ1n) is 5.11.